The molecule has 2 aromatic carbocycles. The van der Waals surface area contributed by atoms with Crippen molar-refractivity contribution in [3.63, 3.8) is 0 Å². The SMILES string of the molecule is CC(C)(C)OC(=O)N1CCC(N(Cc2ccccc2)C(=O)Nc2cccc(C(F)(F)F)c2)CC1. The van der Waals surface area contributed by atoms with Gasteiger partial charge in [0.25, 0.3) is 0 Å². The fourth-order valence-corrected chi connectivity index (χ4v) is 3.80. The summed E-state index contributed by atoms with van der Waals surface area (Å²) in [5.41, 5.74) is -0.455. The van der Waals surface area contributed by atoms with E-state index >= 15 is 0 Å². The van der Waals surface area contributed by atoms with Crippen LogP contribution in [0.2, 0.25) is 0 Å². The highest BCUT2D eigenvalue weighted by atomic mass is 19.4. The average Bonchev–Trinajstić information content (AvgIpc) is 2.77. The highest BCUT2D eigenvalue weighted by Gasteiger charge is 2.33. The summed E-state index contributed by atoms with van der Waals surface area (Å²) in [6.07, 6.45) is -3.84. The Morgan fingerprint density at radius 2 is 1.68 bits per heavy atom. The van der Waals surface area contributed by atoms with E-state index in [1.54, 1.807) is 30.6 Å². The van der Waals surface area contributed by atoms with Gasteiger partial charge in [-0.05, 0) is 57.4 Å². The van der Waals surface area contributed by atoms with Crippen molar-refractivity contribution in [3.05, 3.63) is 65.7 Å². The number of carbonyl (C=O) groups is 2. The van der Waals surface area contributed by atoms with Gasteiger partial charge in [-0.15, -0.1) is 0 Å². The van der Waals surface area contributed by atoms with Gasteiger partial charge in [-0.3, -0.25) is 0 Å². The zero-order valence-corrected chi connectivity index (χ0v) is 19.6. The minimum Gasteiger partial charge on any atom is -0.444 e. The van der Waals surface area contributed by atoms with Crippen molar-refractivity contribution in [2.75, 3.05) is 18.4 Å². The number of piperidine rings is 1. The molecule has 0 aliphatic carbocycles. The quantitative estimate of drug-likeness (QED) is 0.576. The number of nitrogens with zero attached hydrogens (tertiary/aromatic N) is 2. The number of hydrogen-bond acceptors (Lipinski definition) is 3. The van der Waals surface area contributed by atoms with Gasteiger partial charge in [0.1, 0.15) is 5.60 Å². The zero-order chi connectivity index (χ0) is 24.9. The van der Waals surface area contributed by atoms with E-state index in [-0.39, 0.29) is 11.7 Å². The minimum atomic E-state index is -4.50. The molecule has 2 aromatic rings. The van der Waals surface area contributed by atoms with Crippen molar-refractivity contribution >= 4 is 17.8 Å². The van der Waals surface area contributed by atoms with Crippen molar-refractivity contribution in [2.24, 2.45) is 0 Å². The van der Waals surface area contributed by atoms with Crippen molar-refractivity contribution in [2.45, 2.75) is 58.0 Å². The van der Waals surface area contributed by atoms with E-state index in [4.69, 9.17) is 4.74 Å². The molecule has 0 spiro atoms. The molecule has 1 saturated heterocycles. The molecule has 0 aromatic heterocycles. The molecular formula is C25H30F3N3O3. The molecule has 184 valence electrons. The number of alkyl halides is 3. The topological polar surface area (TPSA) is 61.9 Å². The van der Waals surface area contributed by atoms with E-state index in [1.165, 1.54) is 12.1 Å². The molecule has 0 radical (unpaired) electrons. The van der Waals surface area contributed by atoms with Crippen LogP contribution in [0.15, 0.2) is 54.6 Å². The predicted octanol–water partition coefficient (Wildman–Crippen LogP) is 6.14. The maximum absolute atomic E-state index is 13.2. The lowest BCUT2D eigenvalue weighted by atomic mass is 10.0. The minimum absolute atomic E-state index is 0.0732. The summed E-state index contributed by atoms with van der Waals surface area (Å²) in [5.74, 6) is 0. The second-order valence-electron chi connectivity index (χ2n) is 9.32. The van der Waals surface area contributed by atoms with Gasteiger partial charge in [-0.1, -0.05) is 36.4 Å². The number of urea groups is 1. The Hall–Kier alpha value is -3.23. The molecule has 0 bridgehead atoms. The van der Waals surface area contributed by atoms with Gasteiger partial charge in [-0.2, -0.15) is 13.2 Å². The smallest absolute Gasteiger partial charge is 0.416 e. The van der Waals surface area contributed by atoms with Crippen molar-refractivity contribution in [3.8, 4) is 0 Å². The molecule has 1 heterocycles. The third kappa shape index (κ3) is 7.13. The zero-order valence-electron chi connectivity index (χ0n) is 19.6. The molecule has 9 heteroatoms. The Labute approximate surface area is 197 Å². The van der Waals surface area contributed by atoms with Gasteiger partial charge in [0.15, 0.2) is 0 Å². The van der Waals surface area contributed by atoms with Crippen molar-refractivity contribution in [1.82, 2.24) is 9.80 Å². The van der Waals surface area contributed by atoms with Crippen LogP contribution in [-0.2, 0) is 17.5 Å². The third-order valence-electron chi connectivity index (χ3n) is 5.45. The van der Waals surface area contributed by atoms with E-state index in [0.29, 0.717) is 32.5 Å². The van der Waals surface area contributed by atoms with Gasteiger partial charge >= 0.3 is 18.3 Å². The number of carbonyl (C=O) groups excluding carboxylic acids is 2. The van der Waals surface area contributed by atoms with Crippen LogP contribution in [-0.4, -0.2) is 46.7 Å². The summed E-state index contributed by atoms with van der Waals surface area (Å²) < 4.78 is 44.7. The maximum atomic E-state index is 13.2. The molecule has 34 heavy (non-hydrogen) atoms. The van der Waals surface area contributed by atoms with Crippen molar-refractivity contribution < 1.29 is 27.5 Å². The fourth-order valence-electron chi connectivity index (χ4n) is 3.80. The summed E-state index contributed by atoms with van der Waals surface area (Å²) in [5, 5.41) is 2.62. The van der Waals surface area contributed by atoms with Gasteiger partial charge < -0.3 is 19.9 Å². The monoisotopic (exact) mass is 477 g/mol. The Balaban J connectivity index is 1.73. The van der Waals surface area contributed by atoms with Crippen LogP contribution >= 0.6 is 0 Å². The molecule has 1 N–H and O–H groups in total. The number of rotatable bonds is 4. The number of anilines is 1. The number of benzene rings is 2. The number of hydrogen-bond donors (Lipinski definition) is 1. The largest absolute Gasteiger partial charge is 0.444 e. The summed E-state index contributed by atoms with van der Waals surface area (Å²) in [6, 6.07) is 13.3. The molecule has 1 fully saturated rings. The van der Waals surface area contributed by atoms with E-state index < -0.39 is 29.5 Å². The number of nitrogens with one attached hydrogen (secondary N) is 1. The average molecular weight is 478 g/mol. The Bertz CT molecular complexity index is 982. The number of amides is 3. The second kappa shape index (κ2) is 10.4. The first kappa shape index (κ1) is 25.4. The van der Waals surface area contributed by atoms with Crippen molar-refractivity contribution in [1.29, 1.82) is 0 Å². The van der Waals surface area contributed by atoms with E-state index in [2.05, 4.69) is 5.32 Å². The molecule has 0 atom stereocenters. The Morgan fingerprint density at radius 3 is 2.26 bits per heavy atom. The fraction of sp³-hybridized carbons (Fsp3) is 0.440. The first-order valence-electron chi connectivity index (χ1n) is 11.2. The van der Waals surface area contributed by atoms with Crippen LogP contribution in [0.4, 0.5) is 28.4 Å². The Morgan fingerprint density at radius 1 is 1.03 bits per heavy atom. The highest BCUT2D eigenvalue weighted by Crippen LogP contribution is 2.31. The molecule has 1 aliphatic rings. The van der Waals surface area contributed by atoms with E-state index in [9.17, 15) is 22.8 Å². The molecule has 0 saturated carbocycles. The summed E-state index contributed by atoms with van der Waals surface area (Å²) in [6.45, 7) is 6.54. The lowest BCUT2D eigenvalue weighted by molar-refractivity contribution is -0.137. The summed E-state index contributed by atoms with van der Waals surface area (Å²) >= 11 is 0. The predicted molar refractivity (Wildman–Crippen MR) is 123 cm³/mol. The van der Waals surface area contributed by atoms with Gasteiger partial charge in [0.2, 0.25) is 0 Å². The van der Waals surface area contributed by atoms with Gasteiger partial charge in [0.05, 0.1) is 5.56 Å². The molecule has 0 unspecified atom stereocenters. The van der Waals surface area contributed by atoms with Crippen LogP contribution in [0.1, 0.15) is 44.7 Å². The Kier molecular flexibility index (Phi) is 7.74. The summed E-state index contributed by atoms with van der Waals surface area (Å²) in [4.78, 5) is 28.8. The van der Waals surface area contributed by atoms with Crippen LogP contribution in [0, 0.1) is 0 Å². The van der Waals surface area contributed by atoms with Crippen LogP contribution in [0.25, 0.3) is 0 Å². The molecule has 3 amide bonds. The van der Waals surface area contributed by atoms with Crippen LogP contribution in [0.3, 0.4) is 0 Å². The number of likely N-dealkylation sites (tertiary alicyclic amines) is 1. The van der Waals surface area contributed by atoms with E-state index in [1.807, 2.05) is 30.3 Å². The molecule has 3 rings (SSSR count). The number of halogens is 3. The molecule has 6 nitrogen and oxygen atoms in total. The summed E-state index contributed by atoms with van der Waals surface area (Å²) in [7, 11) is 0. The number of ether oxygens (including phenoxy) is 1. The second-order valence-corrected chi connectivity index (χ2v) is 9.32. The lowest BCUT2D eigenvalue weighted by Gasteiger charge is -2.39. The third-order valence-corrected chi connectivity index (χ3v) is 5.45. The van der Waals surface area contributed by atoms with Gasteiger partial charge in [0, 0.05) is 31.4 Å². The normalized spacial score (nSPS) is 15.1. The molecule has 1 aliphatic heterocycles. The van der Waals surface area contributed by atoms with E-state index in [0.717, 1.165) is 17.7 Å². The first-order valence-corrected chi connectivity index (χ1v) is 11.2. The highest BCUT2D eigenvalue weighted by molar-refractivity contribution is 5.89. The van der Waals surface area contributed by atoms with Crippen LogP contribution in [0.5, 0.6) is 0 Å². The lowest BCUT2D eigenvalue weighted by Crippen LogP contribution is -2.50. The standard InChI is InChI=1S/C25H30F3N3O3/c1-24(2,3)34-23(33)30-14-12-21(13-15-30)31(17-18-8-5-4-6-9-18)22(32)29-20-11-7-10-19(16-20)25(26,27)28/h4-11,16,21H,12-15,17H2,1-3H3,(H,29,32). The first-order chi connectivity index (χ1) is 15.9. The molecular weight excluding hydrogens is 447 g/mol. The maximum Gasteiger partial charge on any atom is 0.416 e. The van der Waals surface area contributed by atoms with Crippen LogP contribution < -0.4 is 5.32 Å². The van der Waals surface area contributed by atoms with Gasteiger partial charge in [-0.25, -0.2) is 9.59 Å².